The molecule has 7 heteroatoms. The van der Waals surface area contributed by atoms with Crippen molar-refractivity contribution in [3.8, 4) is 0 Å². The number of hydrogen-bond donors (Lipinski definition) is 2. The van der Waals surface area contributed by atoms with E-state index in [1.165, 1.54) is 18.4 Å². The van der Waals surface area contributed by atoms with Crippen LogP contribution in [-0.4, -0.2) is 30.1 Å². The summed E-state index contributed by atoms with van der Waals surface area (Å²) in [4.78, 5) is 16.8. The number of aromatic nitrogens is 1. The molecule has 0 aliphatic rings. The van der Waals surface area contributed by atoms with Crippen LogP contribution in [-0.2, 0) is 4.74 Å². The van der Waals surface area contributed by atoms with Gasteiger partial charge in [-0.3, -0.25) is 4.79 Å². The van der Waals surface area contributed by atoms with Crippen LogP contribution in [0.25, 0.3) is 11.0 Å². The number of ether oxygens (including phenoxy) is 1. The van der Waals surface area contributed by atoms with Gasteiger partial charge in [-0.05, 0) is 50.6 Å². The van der Waals surface area contributed by atoms with E-state index in [1.54, 1.807) is 24.3 Å². The van der Waals surface area contributed by atoms with Gasteiger partial charge < -0.3 is 19.8 Å². The predicted molar refractivity (Wildman–Crippen MR) is 102 cm³/mol. The lowest BCUT2D eigenvalue weighted by atomic mass is 10.2. The maximum Gasteiger partial charge on any atom is 0.270 e. The number of fused-ring (bicyclic) bond motifs is 1. The Hall–Kier alpha value is -2.93. The molecule has 0 aliphatic carbocycles. The minimum Gasteiger partial charge on any atom is -0.464 e. The fourth-order valence-corrected chi connectivity index (χ4v) is 2.53. The molecule has 27 heavy (non-hydrogen) atoms. The first-order chi connectivity index (χ1) is 13.0. The van der Waals surface area contributed by atoms with Gasteiger partial charge >= 0.3 is 0 Å². The molecule has 0 bridgehead atoms. The van der Waals surface area contributed by atoms with Crippen LogP contribution in [0.1, 0.15) is 30.8 Å². The maximum absolute atomic E-state index is 13.1. The summed E-state index contributed by atoms with van der Waals surface area (Å²) in [5.74, 6) is -0.141. The number of nitrogens with one attached hydrogen (secondary N) is 2. The Morgan fingerprint density at radius 2 is 2.04 bits per heavy atom. The quantitative estimate of drug-likeness (QED) is 0.579. The minimum atomic E-state index is -0.323. The second-order valence-corrected chi connectivity index (χ2v) is 6.35. The van der Waals surface area contributed by atoms with Crippen molar-refractivity contribution in [3.63, 3.8) is 0 Å². The lowest BCUT2D eigenvalue weighted by molar-refractivity contribution is 0.0756. The number of benzene rings is 1. The van der Waals surface area contributed by atoms with E-state index < -0.39 is 0 Å². The Kier molecular flexibility index (Phi) is 6.03. The molecule has 3 aromatic rings. The summed E-state index contributed by atoms with van der Waals surface area (Å²) < 4.78 is 24.0. The van der Waals surface area contributed by atoms with Gasteiger partial charge in [-0.15, -0.1) is 0 Å². The molecule has 0 radical (unpaired) electrons. The normalized spacial score (nSPS) is 11.1. The van der Waals surface area contributed by atoms with Gasteiger partial charge in [0.1, 0.15) is 22.9 Å². The summed E-state index contributed by atoms with van der Waals surface area (Å²) in [6.45, 7) is 5.01. The third-order valence-corrected chi connectivity index (χ3v) is 3.85. The first kappa shape index (κ1) is 18.8. The lowest BCUT2D eigenvalue weighted by Gasteiger charge is -2.10. The van der Waals surface area contributed by atoms with Crippen molar-refractivity contribution in [2.45, 2.75) is 26.4 Å². The number of rotatable bonds is 8. The van der Waals surface area contributed by atoms with Gasteiger partial charge in [0.25, 0.3) is 5.91 Å². The van der Waals surface area contributed by atoms with Crippen LogP contribution in [0.3, 0.4) is 0 Å². The summed E-state index contributed by atoms with van der Waals surface area (Å²) >= 11 is 0. The van der Waals surface area contributed by atoms with Crippen molar-refractivity contribution in [3.05, 3.63) is 54.2 Å². The highest BCUT2D eigenvalue weighted by Crippen LogP contribution is 2.26. The summed E-state index contributed by atoms with van der Waals surface area (Å²) in [5.41, 5.74) is 1.45. The Bertz CT molecular complexity index is 906. The largest absolute Gasteiger partial charge is 0.464 e. The third kappa shape index (κ3) is 5.04. The first-order valence-electron chi connectivity index (χ1n) is 8.83. The van der Waals surface area contributed by atoms with Gasteiger partial charge in [0.15, 0.2) is 0 Å². The van der Waals surface area contributed by atoms with Crippen LogP contribution in [0, 0.1) is 5.82 Å². The summed E-state index contributed by atoms with van der Waals surface area (Å²) in [6.07, 6.45) is 2.42. The molecule has 0 saturated heterocycles. The number of nitrogens with zero attached hydrogens (tertiary/aromatic N) is 1. The van der Waals surface area contributed by atoms with Gasteiger partial charge in [-0.2, -0.15) is 0 Å². The van der Waals surface area contributed by atoms with Crippen LogP contribution in [0.5, 0.6) is 0 Å². The van der Waals surface area contributed by atoms with E-state index in [0.717, 1.165) is 5.39 Å². The molecular formula is C20H22FN3O3. The molecule has 2 N–H and O–H groups in total. The lowest BCUT2D eigenvalue weighted by Crippen LogP contribution is -2.26. The summed E-state index contributed by atoms with van der Waals surface area (Å²) in [6, 6.07) is 9.27. The van der Waals surface area contributed by atoms with E-state index in [9.17, 15) is 9.18 Å². The SMILES string of the molecule is CC(C)OCCCNC(=O)c1cc2occc2c(Nc2ccc(F)cc2)n1. The molecule has 0 spiro atoms. The van der Waals surface area contributed by atoms with E-state index in [-0.39, 0.29) is 23.5 Å². The Balaban J connectivity index is 1.72. The van der Waals surface area contributed by atoms with Gasteiger partial charge in [-0.25, -0.2) is 9.37 Å². The van der Waals surface area contributed by atoms with Crippen molar-refractivity contribution in [2.75, 3.05) is 18.5 Å². The zero-order valence-corrected chi connectivity index (χ0v) is 15.3. The van der Waals surface area contributed by atoms with Crippen LogP contribution in [0.2, 0.25) is 0 Å². The number of furan rings is 1. The molecular weight excluding hydrogens is 349 g/mol. The molecule has 2 aromatic heterocycles. The number of pyridine rings is 1. The molecule has 0 unspecified atom stereocenters. The third-order valence-electron chi connectivity index (χ3n) is 3.85. The zero-order chi connectivity index (χ0) is 19.2. The average Bonchev–Trinajstić information content (AvgIpc) is 3.12. The van der Waals surface area contributed by atoms with E-state index in [2.05, 4.69) is 15.6 Å². The second-order valence-electron chi connectivity index (χ2n) is 6.35. The summed E-state index contributed by atoms with van der Waals surface area (Å²) in [7, 11) is 0. The molecule has 142 valence electrons. The zero-order valence-electron chi connectivity index (χ0n) is 15.3. The molecule has 6 nitrogen and oxygen atoms in total. The fraction of sp³-hybridized carbons (Fsp3) is 0.300. The standard InChI is InChI=1S/C20H22FN3O3/c1-13(2)26-10-3-9-22-20(25)17-12-18-16(8-11-27-18)19(24-17)23-15-6-4-14(21)5-7-15/h4-8,11-13H,3,9-10H2,1-2H3,(H,22,25)(H,23,24). The molecule has 1 aromatic carbocycles. The first-order valence-corrected chi connectivity index (χ1v) is 8.83. The minimum absolute atomic E-state index is 0.170. The number of hydrogen-bond acceptors (Lipinski definition) is 5. The maximum atomic E-state index is 13.1. The van der Waals surface area contributed by atoms with Crippen molar-refractivity contribution in [1.29, 1.82) is 0 Å². The van der Waals surface area contributed by atoms with Crippen molar-refractivity contribution < 1.29 is 18.3 Å². The number of carbonyl (C=O) groups excluding carboxylic acids is 1. The number of halogens is 1. The monoisotopic (exact) mass is 371 g/mol. The molecule has 0 atom stereocenters. The molecule has 0 fully saturated rings. The molecule has 1 amide bonds. The number of anilines is 2. The van der Waals surface area contributed by atoms with Crippen molar-refractivity contribution >= 4 is 28.4 Å². The van der Waals surface area contributed by atoms with Gasteiger partial charge in [0.2, 0.25) is 0 Å². The van der Waals surface area contributed by atoms with Gasteiger partial charge in [0, 0.05) is 24.9 Å². The topological polar surface area (TPSA) is 76.4 Å². The van der Waals surface area contributed by atoms with E-state index >= 15 is 0 Å². The van der Waals surface area contributed by atoms with Crippen LogP contribution in [0.4, 0.5) is 15.9 Å². The van der Waals surface area contributed by atoms with E-state index in [1.807, 2.05) is 13.8 Å². The highest BCUT2D eigenvalue weighted by molar-refractivity contribution is 5.99. The second kappa shape index (κ2) is 8.64. The molecule has 0 aliphatic heterocycles. The van der Waals surface area contributed by atoms with Crippen LogP contribution < -0.4 is 10.6 Å². The van der Waals surface area contributed by atoms with Crippen LogP contribution in [0.15, 0.2) is 47.1 Å². The highest BCUT2D eigenvalue weighted by Gasteiger charge is 2.14. The Morgan fingerprint density at radius 3 is 2.78 bits per heavy atom. The van der Waals surface area contributed by atoms with E-state index in [4.69, 9.17) is 9.15 Å². The smallest absolute Gasteiger partial charge is 0.270 e. The number of amides is 1. The fourth-order valence-electron chi connectivity index (χ4n) is 2.53. The van der Waals surface area contributed by atoms with Crippen molar-refractivity contribution in [2.24, 2.45) is 0 Å². The van der Waals surface area contributed by atoms with Gasteiger partial charge in [-0.1, -0.05) is 0 Å². The summed E-state index contributed by atoms with van der Waals surface area (Å²) in [5, 5.41) is 6.67. The molecule has 0 saturated carbocycles. The Morgan fingerprint density at radius 1 is 1.26 bits per heavy atom. The number of carbonyl (C=O) groups is 1. The van der Waals surface area contributed by atoms with E-state index in [0.29, 0.717) is 36.7 Å². The highest BCUT2D eigenvalue weighted by atomic mass is 19.1. The van der Waals surface area contributed by atoms with Crippen molar-refractivity contribution in [1.82, 2.24) is 10.3 Å². The van der Waals surface area contributed by atoms with Gasteiger partial charge in [0.05, 0.1) is 17.8 Å². The Labute approximate surface area is 156 Å². The predicted octanol–water partition coefficient (Wildman–Crippen LogP) is 4.26. The molecule has 2 heterocycles. The van der Waals surface area contributed by atoms with Crippen LogP contribution >= 0.6 is 0 Å². The average molecular weight is 371 g/mol. The molecule has 3 rings (SSSR count).